The zero-order valence-electron chi connectivity index (χ0n) is 21.0. The number of nitrogens with zero attached hydrogens (tertiary/aromatic N) is 4. The minimum Gasteiger partial charge on any atom is -0.494 e. The largest absolute Gasteiger partial charge is 0.494 e. The molecular formula is C24H31N5O6S. The topological polar surface area (TPSA) is 146 Å². The summed E-state index contributed by atoms with van der Waals surface area (Å²) in [5.41, 5.74) is -0.272. The van der Waals surface area contributed by atoms with Gasteiger partial charge in [0.1, 0.15) is 28.8 Å². The van der Waals surface area contributed by atoms with Gasteiger partial charge < -0.3 is 14.6 Å². The molecule has 0 fully saturated rings. The first kappa shape index (κ1) is 26.9. The molecule has 0 spiro atoms. The Morgan fingerprint density at radius 1 is 1.14 bits per heavy atom. The fourth-order valence-electron chi connectivity index (χ4n) is 3.69. The maximum Gasteiger partial charge on any atom is 0.286 e. The summed E-state index contributed by atoms with van der Waals surface area (Å²) in [5, 5.41) is 10.6. The number of rotatable bonds is 11. The smallest absolute Gasteiger partial charge is 0.286 e. The van der Waals surface area contributed by atoms with Crippen molar-refractivity contribution in [3.05, 3.63) is 58.2 Å². The van der Waals surface area contributed by atoms with Gasteiger partial charge in [-0.1, -0.05) is 26.3 Å². The number of unbranched alkanes of at least 4 members (excludes halogenated alkanes) is 1. The fourth-order valence-corrected chi connectivity index (χ4v) is 5.07. The van der Waals surface area contributed by atoms with Crippen LogP contribution in [0.3, 0.4) is 0 Å². The summed E-state index contributed by atoms with van der Waals surface area (Å²) in [6, 6.07) is 4.99. The Morgan fingerprint density at radius 2 is 1.75 bits per heavy atom. The van der Waals surface area contributed by atoms with Gasteiger partial charge in [-0.2, -0.15) is 4.98 Å². The summed E-state index contributed by atoms with van der Waals surface area (Å²) in [5.74, 6) is -0.463. The first-order chi connectivity index (χ1) is 17.1. The van der Waals surface area contributed by atoms with Crippen LogP contribution in [0.5, 0.6) is 17.4 Å². The number of sulfonamides is 1. The zero-order chi connectivity index (χ0) is 26.5. The van der Waals surface area contributed by atoms with Crippen molar-refractivity contribution < 1.29 is 23.0 Å². The third kappa shape index (κ3) is 5.93. The van der Waals surface area contributed by atoms with Gasteiger partial charge in [-0.05, 0) is 31.0 Å². The van der Waals surface area contributed by atoms with Crippen molar-refractivity contribution in [2.75, 3.05) is 24.7 Å². The third-order valence-corrected chi connectivity index (χ3v) is 6.94. The molecule has 3 rings (SSSR count). The van der Waals surface area contributed by atoms with Crippen molar-refractivity contribution in [3.8, 4) is 23.1 Å². The van der Waals surface area contributed by atoms with E-state index < -0.39 is 38.8 Å². The van der Waals surface area contributed by atoms with Crippen molar-refractivity contribution in [1.29, 1.82) is 0 Å². The molecule has 0 aliphatic rings. The molecule has 194 valence electrons. The normalized spacial score (nSPS) is 12.2. The molecule has 1 aromatic carbocycles. The van der Waals surface area contributed by atoms with Gasteiger partial charge in [-0.3, -0.25) is 14.1 Å². The third-order valence-electron chi connectivity index (χ3n) is 5.48. The van der Waals surface area contributed by atoms with Gasteiger partial charge in [-0.25, -0.2) is 18.4 Å². The first-order valence-corrected chi connectivity index (χ1v) is 13.1. The van der Waals surface area contributed by atoms with Crippen molar-refractivity contribution >= 4 is 15.7 Å². The molecule has 0 bridgehead atoms. The van der Waals surface area contributed by atoms with E-state index in [1.807, 2.05) is 13.8 Å². The van der Waals surface area contributed by atoms with E-state index in [0.717, 1.165) is 12.0 Å². The Morgan fingerprint density at radius 3 is 2.31 bits per heavy atom. The van der Waals surface area contributed by atoms with Gasteiger partial charge in [0.25, 0.3) is 5.56 Å². The van der Waals surface area contributed by atoms with Gasteiger partial charge in [0.05, 0.1) is 20.0 Å². The Bertz CT molecular complexity index is 1350. The number of hydrogen-bond donors (Lipinski definition) is 2. The average molecular weight is 518 g/mol. The van der Waals surface area contributed by atoms with Crippen LogP contribution in [-0.2, 0) is 16.4 Å². The van der Waals surface area contributed by atoms with Crippen LogP contribution in [0.15, 0.2) is 35.4 Å². The monoisotopic (exact) mass is 517 g/mol. The molecule has 0 aliphatic carbocycles. The van der Waals surface area contributed by atoms with Crippen LogP contribution >= 0.6 is 0 Å². The summed E-state index contributed by atoms with van der Waals surface area (Å²) >= 11 is 0. The number of nitrogens with one attached hydrogen (secondary N) is 1. The Kier molecular flexibility index (Phi) is 8.51. The summed E-state index contributed by atoms with van der Waals surface area (Å²) in [6.45, 7) is 5.47. The fraction of sp³-hybridized carbons (Fsp3) is 0.417. The molecule has 0 radical (unpaired) electrons. The summed E-state index contributed by atoms with van der Waals surface area (Å²) < 4.78 is 40.4. The standard InChI is InChI=1S/C24H31N5O6S/c1-6-7-11-19-27-23(30)20(24(31)29(19)21-17(34-4)9-8-10-18(21)35-5)28-36(32,33)14-16(3)22-25-12-15(2)13-26-22/h8-10,12-13,16,28,30H,6-7,11,14H2,1-5H3/t16-/m0/s1. The highest BCUT2D eigenvalue weighted by atomic mass is 32.2. The van der Waals surface area contributed by atoms with Crippen LogP contribution < -0.4 is 19.8 Å². The molecule has 36 heavy (non-hydrogen) atoms. The number of anilines is 1. The minimum absolute atomic E-state index is 0.242. The number of methoxy groups -OCH3 is 2. The Hall–Kier alpha value is -3.67. The van der Waals surface area contributed by atoms with Crippen molar-refractivity contribution in [1.82, 2.24) is 19.5 Å². The van der Waals surface area contributed by atoms with Crippen molar-refractivity contribution in [2.24, 2.45) is 0 Å². The van der Waals surface area contributed by atoms with Crippen LogP contribution in [0.1, 0.15) is 49.8 Å². The van der Waals surface area contributed by atoms with Crippen LogP contribution in [0.2, 0.25) is 0 Å². The highest BCUT2D eigenvalue weighted by Crippen LogP contribution is 2.33. The zero-order valence-corrected chi connectivity index (χ0v) is 21.8. The molecule has 11 nitrogen and oxygen atoms in total. The van der Waals surface area contributed by atoms with E-state index in [0.29, 0.717) is 30.2 Å². The predicted octanol–water partition coefficient (Wildman–Crippen LogP) is 2.94. The van der Waals surface area contributed by atoms with E-state index in [-0.39, 0.29) is 11.5 Å². The number of aryl methyl sites for hydroxylation is 2. The lowest BCUT2D eigenvalue weighted by Crippen LogP contribution is -2.31. The van der Waals surface area contributed by atoms with E-state index in [1.54, 1.807) is 37.5 Å². The maximum absolute atomic E-state index is 13.7. The maximum atomic E-state index is 13.7. The molecule has 0 saturated heterocycles. The number of hydrogen-bond acceptors (Lipinski definition) is 9. The number of benzene rings is 1. The van der Waals surface area contributed by atoms with Gasteiger partial charge in [0.15, 0.2) is 5.69 Å². The minimum atomic E-state index is -4.10. The van der Waals surface area contributed by atoms with Crippen molar-refractivity contribution in [3.63, 3.8) is 0 Å². The second-order valence-corrected chi connectivity index (χ2v) is 10.2. The Balaban J connectivity index is 2.10. The quantitative estimate of drug-likeness (QED) is 0.392. The van der Waals surface area contributed by atoms with Gasteiger partial charge >= 0.3 is 0 Å². The van der Waals surface area contributed by atoms with Crippen molar-refractivity contribution in [2.45, 2.75) is 46.0 Å². The highest BCUT2D eigenvalue weighted by Gasteiger charge is 2.27. The molecule has 0 amide bonds. The van der Waals surface area contributed by atoms with E-state index in [9.17, 15) is 18.3 Å². The molecule has 1 atom stereocenters. The second kappa shape index (κ2) is 11.4. The molecular weight excluding hydrogens is 486 g/mol. The SMILES string of the molecule is CCCCc1nc(O)c(NS(=O)(=O)C[C@H](C)c2ncc(C)cn2)c(=O)n1-c1c(OC)cccc1OC. The number of aromatic hydroxyl groups is 1. The molecule has 3 aromatic rings. The van der Waals surface area contributed by atoms with E-state index in [2.05, 4.69) is 19.7 Å². The first-order valence-electron chi connectivity index (χ1n) is 11.5. The lowest BCUT2D eigenvalue weighted by molar-refractivity contribution is 0.388. The lowest BCUT2D eigenvalue weighted by Gasteiger charge is -2.20. The second-order valence-electron chi connectivity index (χ2n) is 8.39. The number of ether oxygens (including phenoxy) is 2. The predicted molar refractivity (Wildman–Crippen MR) is 136 cm³/mol. The van der Waals surface area contributed by atoms with Gasteiger partial charge in [0, 0.05) is 24.7 Å². The molecule has 12 heteroatoms. The average Bonchev–Trinajstić information content (AvgIpc) is 2.85. The van der Waals surface area contributed by atoms with Gasteiger partial charge in [0.2, 0.25) is 15.9 Å². The van der Waals surface area contributed by atoms with Crippen LogP contribution in [0, 0.1) is 6.92 Å². The van der Waals surface area contributed by atoms with Crippen LogP contribution in [-0.4, -0.2) is 53.0 Å². The number of para-hydroxylation sites is 1. The summed E-state index contributed by atoms with van der Waals surface area (Å²) in [6.07, 6.45) is 5.05. The van der Waals surface area contributed by atoms with Crippen LogP contribution in [0.4, 0.5) is 5.69 Å². The van der Waals surface area contributed by atoms with Crippen LogP contribution in [0.25, 0.3) is 5.69 Å². The lowest BCUT2D eigenvalue weighted by atomic mass is 10.2. The Labute approximate surface area is 210 Å². The molecule has 2 heterocycles. The van der Waals surface area contributed by atoms with Gasteiger partial charge in [-0.15, -0.1) is 0 Å². The molecule has 2 aromatic heterocycles. The van der Waals surface area contributed by atoms with E-state index in [4.69, 9.17) is 9.47 Å². The molecule has 2 N–H and O–H groups in total. The summed E-state index contributed by atoms with van der Waals surface area (Å²) in [7, 11) is -1.21. The highest BCUT2D eigenvalue weighted by molar-refractivity contribution is 7.92. The molecule has 0 unspecified atom stereocenters. The molecule has 0 aliphatic heterocycles. The summed E-state index contributed by atoms with van der Waals surface area (Å²) in [4.78, 5) is 26.2. The van der Waals surface area contributed by atoms with E-state index >= 15 is 0 Å². The number of aromatic nitrogens is 4. The molecule has 0 saturated carbocycles. The van der Waals surface area contributed by atoms with E-state index in [1.165, 1.54) is 18.8 Å².